The van der Waals surface area contributed by atoms with Gasteiger partial charge in [0, 0.05) is 20.0 Å². The molecule has 0 bridgehead atoms. The maximum absolute atomic E-state index is 12.8. The molecule has 2 amide bonds. The van der Waals surface area contributed by atoms with Crippen LogP contribution < -0.4 is 10.1 Å². The van der Waals surface area contributed by atoms with Crippen LogP contribution in [0.5, 0.6) is 5.75 Å². The molecule has 1 N–H and O–H groups in total. The van der Waals surface area contributed by atoms with Crippen molar-refractivity contribution in [3.05, 3.63) is 89.9 Å². The quantitative estimate of drug-likeness (QED) is 0.438. The number of nitrogens with one attached hydrogen (secondary N) is 1. The number of carbonyl (C=O) groups is 3. The predicted octanol–water partition coefficient (Wildman–Crippen LogP) is 3.22. The zero-order chi connectivity index (χ0) is 24.3. The largest absolute Gasteiger partial charge is 0.494 e. The van der Waals surface area contributed by atoms with Crippen molar-refractivity contribution in [3.63, 3.8) is 0 Å². The fourth-order valence-corrected chi connectivity index (χ4v) is 3.24. The third-order valence-corrected chi connectivity index (χ3v) is 5.04. The zero-order valence-corrected chi connectivity index (χ0v) is 19.2. The Labute approximate surface area is 198 Å². The molecule has 8 heteroatoms. The molecule has 1 aromatic heterocycles. The molecule has 34 heavy (non-hydrogen) atoms. The van der Waals surface area contributed by atoms with Crippen LogP contribution >= 0.6 is 0 Å². The van der Waals surface area contributed by atoms with E-state index < -0.39 is 24.5 Å². The number of nitrogens with zero attached hydrogens (tertiary/aromatic N) is 1. The van der Waals surface area contributed by atoms with Crippen LogP contribution in [-0.2, 0) is 27.3 Å². The number of hydrogen-bond donors (Lipinski definition) is 1. The van der Waals surface area contributed by atoms with Gasteiger partial charge in [-0.2, -0.15) is 0 Å². The molecule has 1 atom stereocenters. The van der Waals surface area contributed by atoms with Gasteiger partial charge in [-0.15, -0.1) is 0 Å². The third kappa shape index (κ3) is 7.23. The molecule has 0 aliphatic rings. The summed E-state index contributed by atoms with van der Waals surface area (Å²) in [4.78, 5) is 39.2. The lowest BCUT2D eigenvalue weighted by molar-refractivity contribution is -0.153. The van der Waals surface area contributed by atoms with Gasteiger partial charge in [-0.1, -0.05) is 42.5 Å². The molecule has 0 fully saturated rings. The molecule has 0 aliphatic heterocycles. The van der Waals surface area contributed by atoms with Gasteiger partial charge < -0.3 is 24.1 Å². The highest BCUT2D eigenvalue weighted by molar-refractivity contribution is 5.94. The highest BCUT2D eigenvalue weighted by Crippen LogP contribution is 2.13. The number of ether oxygens (including phenoxy) is 2. The normalized spacial score (nSPS) is 11.4. The standard InChI is InChI=1S/C26H28N2O6/c1-3-32-21-13-11-20(12-14-21)17-28(2)24(29)18-34-26(31)22(16-19-8-5-4-6-9-19)27-25(30)23-10-7-15-33-23/h4-15,22H,3,16-18H2,1-2H3,(H,27,30). The first-order chi connectivity index (χ1) is 16.5. The monoisotopic (exact) mass is 464 g/mol. The Morgan fingerprint density at radius 2 is 1.71 bits per heavy atom. The molecule has 178 valence electrons. The lowest BCUT2D eigenvalue weighted by atomic mass is 10.1. The first-order valence-electron chi connectivity index (χ1n) is 11.0. The van der Waals surface area contributed by atoms with Crippen LogP contribution in [0.4, 0.5) is 0 Å². The number of esters is 1. The highest BCUT2D eigenvalue weighted by Gasteiger charge is 2.25. The van der Waals surface area contributed by atoms with Gasteiger partial charge >= 0.3 is 5.97 Å². The first-order valence-corrected chi connectivity index (χ1v) is 11.0. The Kier molecular flexibility index (Phi) is 8.85. The summed E-state index contributed by atoms with van der Waals surface area (Å²) in [5.74, 6) is -0.765. The number of hydrogen-bond acceptors (Lipinski definition) is 6. The van der Waals surface area contributed by atoms with E-state index in [1.54, 1.807) is 13.1 Å². The van der Waals surface area contributed by atoms with Gasteiger partial charge in [0.1, 0.15) is 11.8 Å². The Hall–Kier alpha value is -4.07. The second-order valence-electron chi connectivity index (χ2n) is 7.63. The molecule has 0 aliphatic carbocycles. The van der Waals surface area contributed by atoms with E-state index in [0.29, 0.717) is 13.2 Å². The summed E-state index contributed by atoms with van der Waals surface area (Å²) in [7, 11) is 1.63. The number of benzene rings is 2. The van der Waals surface area contributed by atoms with Crippen LogP contribution in [0.25, 0.3) is 0 Å². The molecule has 0 spiro atoms. The zero-order valence-electron chi connectivity index (χ0n) is 19.2. The third-order valence-electron chi connectivity index (χ3n) is 5.04. The van der Waals surface area contributed by atoms with Crippen molar-refractivity contribution >= 4 is 17.8 Å². The number of amides is 2. The van der Waals surface area contributed by atoms with E-state index in [9.17, 15) is 14.4 Å². The van der Waals surface area contributed by atoms with Crippen LogP contribution in [0.1, 0.15) is 28.6 Å². The van der Waals surface area contributed by atoms with Gasteiger partial charge in [0.15, 0.2) is 12.4 Å². The van der Waals surface area contributed by atoms with Gasteiger partial charge in [0.25, 0.3) is 11.8 Å². The van der Waals surface area contributed by atoms with Crippen molar-refractivity contribution in [2.75, 3.05) is 20.3 Å². The molecular weight excluding hydrogens is 436 g/mol. The Morgan fingerprint density at radius 3 is 2.35 bits per heavy atom. The van der Waals surface area contributed by atoms with Crippen molar-refractivity contribution in [1.82, 2.24) is 10.2 Å². The van der Waals surface area contributed by atoms with Gasteiger partial charge in [-0.05, 0) is 42.3 Å². The Morgan fingerprint density at radius 1 is 0.971 bits per heavy atom. The predicted molar refractivity (Wildman–Crippen MR) is 125 cm³/mol. The average Bonchev–Trinajstić information content (AvgIpc) is 3.39. The molecule has 2 aromatic carbocycles. The van der Waals surface area contributed by atoms with Crippen LogP contribution in [0.15, 0.2) is 77.4 Å². The molecule has 0 saturated heterocycles. The fourth-order valence-electron chi connectivity index (χ4n) is 3.24. The molecule has 0 saturated carbocycles. The topological polar surface area (TPSA) is 98.1 Å². The van der Waals surface area contributed by atoms with Gasteiger partial charge in [-0.25, -0.2) is 4.79 Å². The first kappa shape index (κ1) is 24.6. The highest BCUT2D eigenvalue weighted by atomic mass is 16.5. The van der Waals surface area contributed by atoms with Crippen molar-refractivity contribution in [2.45, 2.75) is 25.9 Å². The number of carbonyl (C=O) groups excluding carboxylic acids is 3. The minimum Gasteiger partial charge on any atom is -0.494 e. The number of rotatable bonds is 11. The minimum absolute atomic E-state index is 0.0806. The van der Waals surface area contributed by atoms with Crippen LogP contribution in [0.3, 0.4) is 0 Å². The summed E-state index contributed by atoms with van der Waals surface area (Å²) in [6, 6.07) is 18.8. The maximum Gasteiger partial charge on any atom is 0.329 e. The molecule has 3 rings (SSSR count). The van der Waals surface area contributed by atoms with E-state index in [1.165, 1.54) is 17.2 Å². The van der Waals surface area contributed by atoms with E-state index in [2.05, 4.69) is 5.32 Å². The average molecular weight is 465 g/mol. The Bertz CT molecular complexity index is 1060. The molecule has 0 radical (unpaired) electrons. The van der Waals surface area contributed by atoms with Crippen LogP contribution in [0, 0.1) is 0 Å². The lowest BCUT2D eigenvalue weighted by Crippen LogP contribution is -2.44. The van der Waals surface area contributed by atoms with Gasteiger partial charge in [-0.3, -0.25) is 9.59 Å². The van der Waals surface area contributed by atoms with E-state index in [0.717, 1.165) is 16.9 Å². The van der Waals surface area contributed by atoms with Crippen molar-refractivity contribution in [3.8, 4) is 5.75 Å². The molecule has 8 nitrogen and oxygen atoms in total. The van der Waals surface area contributed by atoms with E-state index in [1.807, 2.05) is 61.5 Å². The SMILES string of the molecule is CCOc1ccc(CN(C)C(=O)COC(=O)C(Cc2ccccc2)NC(=O)c2ccco2)cc1. The van der Waals surface area contributed by atoms with Crippen molar-refractivity contribution < 1.29 is 28.3 Å². The van der Waals surface area contributed by atoms with Gasteiger partial charge in [0.05, 0.1) is 12.9 Å². The van der Waals surface area contributed by atoms with E-state index in [-0.39, 0.29) is 18.1 Å². The van der Waals surface area contributed by atoms with Crippen molar-refractivity contribution in [2.24, 2.45) is 0 Å². The minimum atomic E-state index is -0.982. The smallest absolute Gasteiger partial charge is 0.329 e. The second-order valence-corrected chi connectivity index (χ2v) is 7.63. The Balaban J connectivity index is 1.57. The lowest BCUT2D eigenvalue weighted by Gasteiger charge is -2.20. The van der Waals surface area contributed by atoms with E-state index >= 15 is 0 Å². The van der Waals surface area contributed by atoms with Crippen LogP contribution in [-0.4, -0.2) is 49.0 Å². The fraction of sp³-hybridized carbons (Fsp3) is 0.269. The molecule has 1 unspecified atom stereocenters. The maximum atomic E-state index is 12.8. The summed E-state index contributed by atoms with van der Waals surface area (Å²) < 4.78 is 15.8. The summed E-state index contributed by atoms with van der Waals surface area (Å²) in [6.07, 6.45) is 1.58. The summed E-state index contributed by atoms with van der Waals surface area (Å²) in [5.41, 5.74) is 1.75. The van der Waals surface area contributed by atoms with Gasteiger partial charge in [0.2, 0.25) is 0 Å². The number of furan rings is 1. The second kappa shape index (κ2) is 12.2. The van der Waals surface area contributed by atoms with Crippen LogP contribution in [0.2, 0.25) is 0 Å². The molecule has 3 aromatic rings. The van der Waals surface area contributed by atoms with Crippen molar-refractivity contribution in [1.29, 1.82) is 0 Å². The number of likely N-dealkylation sites (N-methyl/N-ethyl adjacent to an activating group) is 1. The summed E-state index contributed by atoms with van der Waals surface area (Å²) in [5, 5.41) is 2.63. The molecular formula is C26H28N2O6. The van der Waals surface area contributed by atoms with E-state index in [4.69, 9.17) is 13.9 Å². The summed E-state index contributed by atoms with van der Waals surface area (Å²) >= 11 is 0. The molecule has 1 heterocycles. The summed E-state index contributed by atoms with van der Waals surface area (Å²) in [6.45, 7) is 2.41.